The quantitative estimate of drug-likeness (QED) is 0.314. The van der Waals surface area contributed by atoms with E-state index >= 15 is 4.39 Å². The molecule has 0 N–H and O–H groups in total. The maximum atomic E-state index is 15.2. The van der Waals surface area contributed by atoms with E-state index in [0.717, 1.165) is 17.2 Å². The molecular formula is C26H21F4N5O4S. The molecule has 4 aromatic rings. The minimum absolute atomic E-state index is 0.00838. The van der Waals surface area contributed by atoms with E-state index in [2.05, 4.69) is 19.6 Å². The van der Waals surface area contributed by atoms with Crippen LogP contribution < -0.4 is 4.90 Å². The third kappa shape index (κ3) is 5.96. The Kier molecular flexibility index (Phi) is 7.27. The average Bonchev–Trinajstić information content (AvgIpc) is 3.44. The minimum Gasteiger partial charge on any atom is -0.413 e. The molecule has 2 aromatic carbocycles. The molecule has 0 bridgehead atoms. The molecule has 14 heteroatoms. The summed E-state index contributed by atoms with van der Waals surface area (Å²) in [6.07, 6.45) is -1.51. The number of pyridine rings is 1. The van der Waals surface area contributed by atoms with Crippen LogP contribution in [-0.4, -0.2) is 59.1 Å². The van der Waals surface area contributed by atoms with E-state index in [1.807, 2.05) is 6.07 Å². The fourth-order valence-corrected chi connectivity index (χ4v) is 5.35. The van der Waals surface area contributed by atoms with E-state index in [0.29, 0.717) is 5.69 Å². The van der Waals surface area contributed by atoms with Crippen molar-refractivity contribution in [2.24, 2.45) is 0 Å². The van der Waals surface area contributed by atoms with E-state index < -0.39 is 39.6 Å². The van der Waals surface area contributed by atoms with Crippen molar-refractivity contribution in [1.29, 1.82) is 0 Å². The summed E-state index contributed by atoms with van der Waals surface area (Å²) in [5, 5.41) is 6.29. The van der Waals surface area contributed by atoms with Gasteiger partial charge < -0.3 is 9.32 Å². The fraction of sp³-hybridized carbons (Fsp3) is 0.231. The number of hydrogen-bond acceptors (Lipinski definition) is 7. The Morgan fingerprint density at radius 1 is 0.975 bits per heavy atom. The molecule has 0 atom stereocenters. The van der Waals surface area contributed by atoms with Crippen LogP contribution in [0.2, 0.25) is 0 Å². The van der Waals surface area contributed by atoms with Crippen LogP contribution in [-0.2, 0) is 22.6 Å². The molecule has 3 heterocycles. The summed E-state index contributed by atoms with van der Waals surface area (Å²) in [6, 6.07) is 13.6. The lowest BCUT2D eigenvalue weighted by Crippen LogP contribution is -2.49. The highest BCUT2D eigenvalue weighted by atomic mass is 32.2. The van der Waals surface area contributed by atoms with Gasteiger partial charge in [0.25, 0.3) is 0 Å². The van der Waals surface area contributed by atoms with Crippen LogP contribution in [0.1, 0.15) is 11.5 Å². The summed E-state index contributed by atoms with van der Waals surface area (Å²) in [5.74, 6) is -3.23. The zero-order valence-electron chi connectivity index (χ0n) is 20.7. The molecule has 1 aliphatic heterocycles. The number of anilines is 1. The van der Waals surface area contributed by atoms with Crippen LogP contribution in [0, 0.1) is 5.82 Å². The van der Waals surface area contributed by atoms with Crippen molar-refractivity contribution in [3.8, 4) is 22.6 Å². The Morgan fingerprint density at radius 2 is 1.68 bits per heavy atom. The summed E-state index contributed by atoms with van der Waals surface area (Å²) >= 11 is 0. The number of benzene rings is 2. The van der Waals surface area contributed by atoms with Gasteiger partial charge in [-0.05, 0) is 41.5 Å². The molecule has 0 spiro atoms. The number of carbonyl (C=O) groups excluding carboxylic acids is 1. The van der Waals surface area contributed by atoms with Crippen LogP contribution in [0.4, 0.5) is 28.0 Å². The topological polar surface area (TPSA) is 110 Å². The summed E-state index contributed by atoms with van der Waals surface area (Å²) in [6.45, 7) is -0.255. The van der Waals surface area contributed by atoms with Crippen molar-refractivity contribution >= 4 is 21.6 Å². The van der Waals surface area contributed by atoms with Crippen LogP contribution in [0.3, 0.4) is 0 Å². The van der Waals surface area contributed by atoms with Gasteiger partial charge in [0.15, 0.2) is 9.84 Å². The molecule has 1 fully saturated rings. The number of carbonyl (C=O) groups is 1. The smallest absolute Gasteiger partial charge is 0.413 e. The van der Waals surface area contributed by atoms with Gasteiger partial charge in [0.05, 0.1) is 18.1 Å². The second-order valence-corrected chi connectivity index (χ2v) is 11.3. The van der Waals surface area contributed by atoms with Gasteiger partial charge in [0.1, 0.15) is 5.82 Å². The molecule has 9 nitrogen and oxygen atoms in total. The molecule has 5 rings (SSSR count). The van der Waals surface area contributed by atoms with E-state index in [4.69, 9.17) is 0 Å². The predicted octanol–water partition coefficient (Wildman–Crippen LogP) is 4.81. The second kappa shape index (κ2) is 10.7. The summed E-state index contributed by atoms with van der Waals surface area (Å²) in [4.78, 5) is 20.4. The van der Waals surface area contributed by atoms with Gasteiger partial charge in [-0.25, -0.2) is 17.6 Å². The average molecular weight is 576 g/mol. The lowest BCUT2D eigenvalue weighted by Gasteiger charge is -2.33. The molecule has 2 amide bonds. The number of amides is 2. The number of aromatic nitrogens is 3. The van der Waals surface area contributed by atoms with Crippen molar-refractivity contribution in [2.45, 2.75) is 12.7 Å². The fourth-order valence-electron chi connectivity index (χ4n) is 4.14. The van der Waals surface area contributed by atoms with Crippen LogP contribution in [0.15, 0.2) is 71.4 Å². The highest BCUT2D eigenvalue weighted by Crippen LogP contribution is 2.31. The largest absolute Gasteiger partial charge is 0.470 e. The molecule has 1 aliphatic rings. The number of halogens is 4. The molecule has 208 valence electrons. The Bertz CT molecular complexity index is 1610. The first-order valence-electron chi connectivity index (χ1n) is 12.0. The maximum Gasteiger partial charge on any atom is 0.470 e. The SMILES string of the molecule is O=C(N1CCS(=O)(=O)CC1)N(Cc1ccc(-c2nnc(C(F)(F)F)o2)cc1F)c1ccc(-c2cccnc2)cc1. The van der Waals surface area contributed by atoms with Crippen molar-refractivity contribution in [2.75, 3.05) is 29.5 Å². The maximum absolute atomic E-state index is 15.2. The number of alkyl halides is 3. The molecule has 1 saturated heterocycles. The van der Waals surface area contributed by atoms with Gasteiger partial charge >= 0.3 is 18.1 Å². The Balaban J connectivity index is 1.43. The zero-order valence-corrected chi connectivity index (χ0v) is 21.5. The van der Waals surface area contributed by atoms with Crippen LogP contribution >= 0.6 is 0 Å². The highest BCUT2D eigenvalue weighted by Gasteiger charge is 2.38. The first-order valence-corrected chi connectivity index (χ1v) is 13.8. The van der Waals surface area contributed by atoms with Gasteiger partial charge in [0, 0.05) is 42.3 Å². The number of nitrogens with zero attached hydrogens (tertiary/aromatic N) is 5. The first-order chi connectivity index (χ1) is 19.0. The van der Waals surface area contributed by atoms with Gasteiger partial charge in [0.2, 0.25) is 5.89 Å². The normalized spacial score (nSPS) is 15.2. The van der Waals surface area contributed by atoms with Crippen molar-refractivity contribution < 1.29 is 35.2 Å². The number of sulfone groups is 1. The molecule has 0 unspecified atom stereocenters. The van der Waals surface area contributed by atoms with E-state index in [9.17, 15) is 26.4 Å². The van der Waals surface area contributed by atoms with Crippen molar-refractivity contribution in [3.05, 3.63) is 84.3 Å². The van der Waals surface area contributed by atoms with Gasteiger partial charge in [-0.15, -0.1) is 10.2 Å². The Hall–Kier alpha value is -4.33. The molecule has 2 aromatic heterocycles. The first kappa shape index (κ1) is 27.2. The van der Waals surface area contributed by atoms with E-state index in [-0.39, 0.29) is 42.3 Å². The Labute approximate surface area is 226 Å². The van der Waals surface area contributed by atoms with Crippen molar-refractivity contribution in [3.63, 3.8) is 0 Å². The summed E-state index contributed by atoms with van der Waals surface area (Å²) < 4.78 is 82.0. The summed E-state index contributed by atoms with van der Waals surface area (Å²) in [5.41, 5.74) is 2.12. The van der Waals surface area contributed by atoms with Gasteiger partial charge in [-0.3, -0.25) is 9.88 Å². The van der Waals surface area contributed by atoms with Crippen LogP contribution in [0.25, 0.3) is 22.6 Å². The molecule has 0 saturated carbocycles. The van der Waals surface area contributed by atoms with Crippen LogP contribution in [0.5, 0.6) is 0 Å². The molecular weight excluding hydrogens is 554 g/mol. The molecule has 0 radical (unpaired) electrons. The lowest BCUT2D eigenvalue weighted by atomic mass is 10.1. The third-order valence-corrected chi connectivity index (χ3v) is 7.92. The number of rotatable bonds is 5. The third-order valence-electron chi connectivity index (χ3n) is 6.32. The van der Waals surface area contributed by atoms with E-state index in [1.165, 1.54) is 21.9 Å². The van der Waals surface area contributed by atoms with E-state index in [1.54, 1.807) is 42.7 Å². The number of urea groups is 1. The zero-order chi connectivity index (χ0) is 28.5. The lowest BCUT2D eigenvalue weighted by molar-refractivity contribution is -0.156. The Morgan fingerprint density at radius 3 is 2.27 bits per heavy atom. The number of hydrogen-bond donors (Lipinski definition) is 0. The summed E-state index contributed by atoms with van der Waals surface area (Å²) in [7, 11) is -3.25. The van der Waals surface area contributed by atoms with Gasteiger partial charge in [-0.1, -0.05) is 24.3 Å². The molecule has 0 aliphatic carbocycles. The van der Waals surface area contributed by atoms with Gasteiger partial charge in [-0.2, -0.15) is 13.2 Å². The second-order valence-electron chi connectivity index (χ2n) is 9.01. The standard InChI is InChI=1S/C26H21F4N5O4S/c27-22-14-18(23-32-33-24(39-23)26(28,29)30)3-4-20(22)16-35(25(36)34-10-12-40(37,38)13-11-34)21-7-5-17(6-8-21)19-2-1-9-31-15-19/h1-9,14-15H,10-13,16H2. The highest BCUT2D eigenvalue weighted by molar-refractivity contribution is 7.91. The molecule has 40 heavy (non-hydrogen) atoms. The minimum atomic E-state index is -4.84. The predicted molar refractivity (Wildman–Crippen MR) is 136 cm³/mol. The monoisotopic (exact) mass is 575 g/mol. The van der Waals surface area contributed by atoms with Crippen molar-refractivity contribution in [1.82, 2.24) is 20.1 Å².